The summed E-state index contributed by atoms with van der Waals surface area (Å²) in [6, 6.07) is 13.7. The molecule has 0 aliphatic carbocycles. The van der Waals surface area contributed by atoms with Crippen molar-refractivity contribution in [2.45, 2.75) is 19.5 Å². The van der Waals surface area contributed by atoms with E-state index in [0.717, 1.165) is 6.42 Å². The van der Waals surface area contributed by atoms with Gasteiger partial charge >= 0.3 is 18.1 Å². The van der Waals surface area contributed by atoms with Gasteiger partial charge in [-0.1, -0.05) is 25.1 Å². The van der Waals surface area contributed by atoms with Crippen molar-refractivity contribution in [2.75, 3.05) is 49.5 Å². The zero-order chi connectivity index (χ0) is 28.3. The fraction of sp³-hybridized carbons (Fsp3) is 0.360. The summed E-state index contributed by atoms with van der Waals surface area (Å²) >= 11 is 0. The summed E-state index contributed by atoms with van der Waals surface area (Å²) in [5, 5.41) is 22.5. The van der Waals surface area contributed by atoms with Crippen LogP contribution >= 0.6 is 0 Å². The molecule has 4 N–H and O–H groups in total. The Bertz CT molecular complexity index is 1120. The maximum Gasteiger partial charge on any atom is 0.490 e. The topological polar surface area (TPSA) is 139 Å². The molecule has 2 aromatic rings. The molecule has 206 valence electrons. The normalized spacial score (nSPS) is 13.6. The number of nitrogens with zero attached hydrogens (tertiary/aromatic N) is 2. The number of carboxylic acids is 2. The Morgan fingerprint density at radius 1 is 0.947 bits per heavy atom. The Morgan fingerprint density at radius 3 is 2.08 bits per heavy atom. The van der Waals surface area contributed by atoms with E-state index >= 15 is 0 Å². The first-order valence-electron chi connectivity index (χ1n) is 11.7. The fourth-order valence-electron chi connectivity index (χ4n) is 3.52. The zero-order valence-corrected chi connectivity index (χ0v) is 20.6. The Hall–Kier alpha value is -4.13. The minimum Gasteiger partial charge on any atom is -0.478 e. The predicted molar refractivity (Wildman–Crippen MR) is 133 cm³/mol. The predicted octanol–water partition coefficient (Wildman–Crippen LogP) is 2.92. The minimum atomic E-state index is -5.08. The SMILES string of the molecule is CCCNC(=O)CN1CCN(c2ccc(NC(=O)c3ccccc3)cc2C(=O)O)CC1.O=C(O)C(F)(F)F. The lowest BCUT2D eigenvalue weighted by atomic mass is 10.1. The van der Waals surface area contributed by atoms with Crippen molar-refractivity contribution in [1.82, 2.24) is 10.2 Å². The van der Waals surface area contributed by atoms with Crippen LogP contribution < -0.4 is 15.5 Å². The first-order valence-corrected chi connectivity index (χ1v) is 11.7. The zero-order valence-electron chi connectivity index (χ0n) is 20.6. The van der Waals surface area contributed by atoms with E-state index in [-0.39, 0.29) is 17.4 Å². The van der Waals surface area contributed by atoms with Crippen LogP contribution in [-0.2, 0) is 9.59 Å². The lowest BCUT2D eigenvalue weighted by Crippen LogP contribution is -2.49. The van der Waals surface area contributed by atoms with Crippen LogP contribution in [0, 0.1) is 0 Å². The second kappa shape index (κ2) is 14.0. The standard InChI is InChI=1S/C23H28N4O4.C2HF3O2/c1-2-10-24-21(28)16-26-11-13-27(14-12-26)20-9-8-18(15-19(20)23(30)31)25-22(29)17-6-4-3-5-7-17;3-2(4,5)1(6)7/h3-9,15H,2,10-14,16H2,1H3,(H,24,28)(H,25,29)(H,30,31);(H,6,7). The van der Waals surface area contributed by atoms with Gasteiger partial charge in [0.05, 0.1) is 17.8 Å². The molecule has 1 saturated heterocycles. The van der Waals surface area contributed by atoms with Gasteiger partial charge in [0.25, 0.3) is 5.91 Å². The van der Waals surface area contributed by atoms with Crippen LogP contribution in [0.15, 0.2) is 48.5 Å². The average Bonchev–Trinajstić information content (AvgIpc) is 2.88. The highest BCUT2D eigenvalue weighted by Crippen LogP contribution is 2.26. The highest BCUT2D eigenvalue weighted by molar-refractivity contribution is 6.05. The summed E-state index contributed by atoms with van der Waals surface area (Å²) in [7, 11) is 0. The molecule has 0 saturated carbocycles. The third-order valence-corrected chi connectivity index (χ3v) is 5.42. The summed E-state index contributed by atoms with van der Waals surface area (Å²) in [5.74, 6) is -4.08. The number of amides is 2. The molecule has 1 fully saturated rings. The quantitative estimate of drug-likeness (QED) is 0.403. The maximum absolute atomic E-state index is 12.4. The number of hydrogen-bond acceptors (Lipinski definition) is 6. The van der Waals surface area contributed by atoms with Crippen LogP contribution in [0.5, 0.6) is 0 Å². The molecule has 10 nitrogen and oxygen atoms in total. The molecule has 0 bridgehead atoms. The number of carbonyl (C=O) groups is 4. The lowest BCUT2D eigenvalue weighted by Gasteiger charge is -2.36. The second-order valence-electron chi connectivity index (χ2n) is 8.27. The molecular formula is C25H29F3N4O6. The van der Waals surface area contributed by atoms with Crippen molar-refractivity contribution in [3.05, 3.63) is 59.7 Å². The van der Waals surface area contributed by atoms with Crippen LogP contribution in [0.4, 0.5) is 24.5 Å². The van der Waals surface area contributed by atoms with Crippen molar-refractivity contribution in [1.29, 1.82) is 0 Å². The van der Waals surface area contributed by atoms with Gasteiger partial charge in [-0.3, -0.25) is 14.5 Å². The molecule has 0 radical (unpaired) electrons. The van der Waals surface area contributed by atoms with Gasteiger partial charge in [-0.15, -0.1) is 0 Å². The number of alkyl halides is 3. The number of hydrogen-bond donors (Lipinski definition) is 4. The number of piperazine rings is 1. The summed E-state index contributed by atoms with van der Waals surface area (Å²) in [4.78, 5) is 49.1. The van der Waals surface area contributed by atoms with Crippen molar-refractivity contribution in [3.8, 4) is 0 Å². The van der Waals surface area contributed by atoms with Gasteiger partial charge in [0.15, 0.2) is 0 Å². The van der Waals surface area contributed by atoms with Crippen molar-refractivity contribution in [3.63, 3.8) is 0 Å². The van der Waals surface area contributed by atoms with Gasteiger partial charge in [-0.05, 0) is 36.8 Å². The lowest BCUT2D eigenvalue weighted by molar-refractivity contribution is -0.192. The molecule has 38 heavy (non-hydrogen) atoms. The summed E-state index contributed by atoms with van der Waals surface area (Å²) in [6.07, 6.45) is -4.18. The molecule has 1 aliphatic heterocycles. The van der Waals surface area contributed by atoms with Crippen LogP contribution in [0.25, 0.3) is 0 Å². The van der Waals surface area contributed by atoms with Crippen LogP contribution in [0.3, 0.4) is 0 Å². The molecule has 13 heteroatoms. The number of carboxylic acid groups (broad SMARTS) is 2. The minimum absolute atomic E-state index is 0.0139. The number of benzene rings is 2. The number of nitrogens with one attached hydrogen (secondary N) is 2. The van der Waals surface area contributed by atoms with E-state index in [0.29, 0.717) is 56.2 Å². The summed E-state index contributed by atoms with van der Waals surface area (Å²) in [5.41, 5.74) is 1.68. The summed E-state index contributed by atoms with van der Waals surface area (Å²) in [6.45, 7) is 5.62. The van der Waals surface area contributed by atoms with E-state index in [9.17, 15) is 32.7 Å². The highest BCUT2D eigenvalue weighted by atomic mass is 19.4. The van der Waals surface area contributed by atoms with E-state index in [4.69, 9.17) is 9.90 Å². The van der Waals surface area contributed by atoms with E-state index in [1.807, 2.05) is 17.9 Å². The van der Waals surface area contributed by atoms with Gasteiger partial charge in [0.2, 0.25) is 5.91 Å². The molecular weight excluding hydrogens is 509 g/mol. The Balaban J connectivity index is 0.000000638. The van der Waals surface area contributed by atoms with Crippen LogP contribution in [-0.4, -0.2) is 84.3 Å². The third kappa shape index (κ3) is 9.39. The van der Waals surface area contributed by atoms with Crippen LogP contribution in [0.2, 0.25) is 0 Å². The number of aromatic carboxylic acids is 1. The van der Waals surface area contributed by atoms with E-state index in [1.165, 1.54) is 6.07 Å². The smallest absolute Gasteiger partial charge is 0.478 e. The Labute approximate surface area is 217 Å². The second-order valence-corrected chi connectivity index (χ2v) is 8.27. The summed E-state index contributed by atoms with van der Waals surface area (Å²) < 4.78 is 31.7. The highest BCUT2D eigenvalue weighted by Gasteiger charge is 2.38. The molecule has 1 heterocycles. The van der Waals surface area contributed by atoms with Gasteiger partial charge in [-0.2, -0.15) is 13.2 Å². The average molecular weight is 539 g/mol. The first-order chi connectivity index (χ1) is 17.9. The molecule has 2 aromatic carbocycles. The van der Waals surface area contributed by atoms with E-state index < -0.39 is 18.1 Å². The largest absolute Gasteiger partial charge is 0.490 e. The Morgan fingerprint density at radius 2 is 1.55 bits per heavy atom. The molecule has 1 aliphatic rings. The van der Waals surface area contributed by atoms with Crippen molar-refractivity contribution in [2.24, 2.45) is 0 Å². The van der Waals surface area contributed by atoms with E-state index in [2.05, 4.69) is 15.5 Å². The van der Waals surface area contributed by atoms with Gasteiger partial charge in [-0.25, -0.2) is 9.59 Å². The fourth-order valence-corrected chi connectivity index (χ4v) is 3.52. The number of carbonyl (C=O) groups excluding carboxylic acids is 2. The Kier molecular flexibility index (Phi) is 11.1. The number of anilines is 2. The molecule has 2 amide bonds. The molecule has 0 unspecified atom stereocenters. The van der Waals surface area contributed by atoms with Crippen molar-refractivity contribution >= 4 is 35.1 Å². The number of rotatable bonds is 8. The first kappa shape index (κ1) is 30.1. The van der Waals surface area contributed by atoms with Crippen LogP contribution in [0.1, 0.15) is 34.1 Å². The maximum atomic E-state index is 12.4. The van der Waals surface area contributed by atoms with Gasteiger partial charge in [0, 0.05) is 44.0 Å². The van der Waals surface area contributed by atoms with E-state index in [1.54, 1.807) is 36.4 Å². The van der Waals surface area contributed by atoms with Gasteiger partial charge < -0.3 is 25.7 Å². The van der Waals surface area contributed by atoms with Gasteiger partial charge in [0.1, 0.15) is 0 Å². The number of halogens is 3. The number of aliphatic carboxylic acids is 1. The monoisotopic (exact) mass is 538 g/mol. The molecule has 0 spiro atoms. The molecule has 3 rings (SSSR count). The molecule has 0 atom stereocenters. The molecule has 0 aromatic heterocycles. The third-order valence-electron chi connectivity index (χ3n) is 5.42. The van der Waals surface area contributed by atoms with Crippen molar-refractivity contribution < 1.29 is 42.6 Å².